The first-order valence-corrected chi connectivity index (χ1v) is 15.6. The Bertz CT molecular complexity index is 990. The van der Waals surface area contributed by atoms with Gasteiger partial charge in [-0.15, -0.1) is 0 Å². The molecule has 6 rings (SSSR count). The molecule has 3 aliphatic heterocycles. The van der Waals surface area contributed by atoms with Gasteiger partial charge in [0.2, 0.25) is 0 Å². The van der Waals surface area contributed by atoms with E-state index in [9.17, 15) is 0 Å². The fourth-order valence-electron chi connectivity index (χ4n) is 3.96. The summed E-state index contributed by atoms with van der Waals surface area (Å²) >= 11 is -2.71. The van der Waals surface area contributed by atoms with Crippen LogP contribution in [0.2, 0.25) is 0 Å². The van der Waals surface area contributed by atoms with Crippen LogP contribution in [-0.4, -0.2) is 61.4 Å². The summed E-state index contributed by atoms with van der Waals surface area (Å²) in [6, 6.07) is 19.1. The monoisotopic (exact) mass is 614 g/mol. The first kappa shape index (κ1) is 19.1. The van der Waals surface area contributed by atoms with Gasteiger partial charge in [0, 0.05) is 0 Å². The summed E-state index contributed by atoms with van der Waals surface area (Å²) in [5, 5.41) is 0. The third-order valence-corrected chi connectivity index (χ3v) is 14.6. The van der Waals surface area contributed by atoms with E-state index in [2.05, 4.69) is 36.4 Å². The summed E-state index contributed by atoms with van der Waals surface area (Å²) in [5.41, 5.74) is 0. The van der Waals surface area contributed by atoms with Gasteiger partial charge in [0.1, 0.15) is 0 Å². The van der Waals surface area contributed by atoms with Crippen molar-refractivity contribution in [2.75, 3.05) is 39.6 Å². The molecule has 0 spiro atoms. The van der Waals surface area contributed by atoms with Gasteiger partial charge in [-0.05, 0) is 0 Å². The standard InChI is InChI=1S/3C8H7O2.Bi/c3*1-2-4-8-7(3-1)9-5-6-10-8;/h3*1,3-4H,5-6H2;. The molecule has 0 aliphatic carbocycles. The Labute approximate surface area is 188 Å². The molecule has 0 bridgehead atoms. The Kier molecular flexibility index (Phi) is 4.99. The van der Waals surface area contributed by atoms with Crippen LogP contribution >= 0.6 is 0 Å². The van der Waals surface area contributed by atoms with E-state index >= 15 is 0 Å². The number of rotatable bonds is 3. The molecule has 6 nitrogen and oxygen atoms in total. The van der Waals surface area contributed by atoms with Crippen molar-refractivity contribution < 1.29 is 28.4 Å². The van der Waals surface area contributed by atoms with Gasteiger partial charge in [0.15, 0.2) is 0 Å². The normalized spacial score (nSPS) is 16.2. The molecule has 0 fully saturated rings. The Morgan fingerprint density at radius 2 is 0.677 bits per heavy atom. The van der Waals surface area contributed by atoms with Crippen LogP contribution < -0.4 is 38.2 Å². The summed E-state index contributed by atoms with van der Waals surface area (Å²) in [5.74, 6) is 4.88. The van der Waals surface area contributed by atoms with Gasteiger partial charge in [-0.3, -0.25) is 0 Å². The zero-order valence-corrected chi connectivity index (χ0v) is 20.3. The second kappa shape index (κ2) is 8.12. The van der Waals surface area contributed by atoms with E-state index in [-0.39, 0.29) is 0 Å². The van der Waals surface area contributed by atoms with Crippen molar-refractivity contribution >= 4 is 31.6 Å². The molecule has 3 aromatic carbocycles. The fraction of sp³-hybridized carbons (Fsp3) is 0.250. The Morgan fingerprint density at radius 3 is 1.00 bits per heavy atom. The molecule has 7 heteroatoms. The van der Waals surface area contributed by atoms with Gasteiger partial charge in [-0.2, -0.15) is 0 Å². The van der Waals surface area contributed by atoms with Crippen molar-refractivity contribution in [1.82, 2.24) is 0 Å². The molecule has 0 unspecified atom stereocenters. The van der Waals surface area contributed by atoms with Crippen LogP contribution in [0.5, 0.6) is 34.5 Å². The minimum absolute atomic E-state index is 0.573. The molecule has 0 saturated carbocycles. The van der Waals surface area contributed by atoms with Gasteiger partial charge in [-0.1, -0.05) is 0 Å². The van der Waals surface area contributed by atoms with E-state index in [4.69, 9.17) is 28.4 Å². The van der Waals surface area contributed by atoms with Gasteiger partial charge in [-0.25, -0.2) is 0 Å². The van der Waals surface area contributed by atoms with Crippen molar-refractivity contribution in [1.29, 1.82) is 0 Å². The van der Waals surface area contributed by atoms with Crippen molar-refractivity contribution in [3.05, 3.63) is 54.6 Å². The number of benzene rings is 3. The second-order valence-corrected chi connectivity index (χ2v) is 15.9. The van der Waals surface area contributed by atoms with Crippen LogP contribution in [0.3, 0.4) is 0 Å². The van der Waals surface area contributed by atoms with Crippen LogP contribution in [0, 0.1) is 0 Å². The second-order valence-electron chi connectivity index (χ2n) is 7.32. The molecular weight excluding hydrogens is 593 g/mol. The van der Waals surface area contributed by atoms with E-state index in [0.29, 0.717) is 39.6 Å². The SMILES string of the molecule is c1cc2c(c[c]1[Bi]([c]1ccc3c(c1)OCCO3)[c]1ccc3c(c1)OCCO3)OCCO2. The number of fused-ring (bicyclic) bond motifs is 3. The molecule has 3 heterocycles. The quantitative estimate of drug-likeness (QED) is 0.418. The average molecular weight is 614 g/mol. The molecule has 3 aliphatic rings. The summed E-state index contributed by atoms with van der Waals surface area (Å²) in [4.78, 5) is 0. The maximum atomic E-state index is 5.89. The third-order valence-electron chi connectivity index (χ3n) is 5.35. The summed E-state index contributed by atoms with van der Waals surface area (Å²) in [6.45, 7) is 3.48. The Hall–Kier alpha value is -2.66. The number of ether oxygens (including phenoxy) is 6. The van der Waals surface area contributed by atoms with Crippen molar-refractivity contribution in [3.8, 4) is 34.5 Å². The van der Waals surface area contributed by atoms with Crippen LogP contribution in [0.15, 0.2) is 54.6 Å². The number of hydrogen-bond donors (Lipinski definition) is 0. The third kappa shape index (κ3) is 3.65. The van der Waals surface area contributed by atoms with E-state index in [0.717, 1.165) is 34.5 Å². The molecular formula is C24H21BiO6. The van der Waals surface area contributed by atoms with E-state index < -0.39 is 21.8 Å². The van der Waals surface area contributed by atoms with E-state index in [1.165, 1.54) is 9.81 Å². The summed E-state index contributed by atoms with van der Waals surface area (Å²) < 4.78 is 38.8. The maximum absolute atomic E-state index is 5.89. The minimum atomic E-state index is -2.71. The zero-order chi connectivity index (χ0) is 20.6. The zero-order valence-electron chi connectivity index (χ0n) is 16.8. The van der Waals surface area contributed by atoms with Crippen molar-refractivity contribution in [2.45, 2.75) is 0 Å². The molecule has 0 atom stereocenters. The van der Waals surface area contributed by atoms with E-state index in [1.54, 1.807) is 0 Å². The molecule has 3 aromatic rings. The van der Waals surface area contributed by atoms with Gasteiger partial charge in [0.05, 0.1) is 0 Å². The Balaban J connectivity index is 1.48. The molecule has 0 N–H and O–H groups in total. The summed E-state index contributed by atoms with van der Waals surface area (Å²) in [6.07, 6.45) is 0. The first-order chi connectivity index (χ1) is 15.3. The predicted octanol–water partition coefficient (Wildman–Crippen LogP) is 1.52. The van der Waals surface area contributed by atoms with Gasteiger partial charge in [0.25, 0.3) is 0 Å². The molecule has 0 amide bonds. The summed E-state index contributed by atoms with van der Waals surface area (Å²) in [7, 11) is 0. The number of hydrogen-bond acceptors (Lipinski definition) is 6. The van der Waals surface area contributed by atoms with Gasteiger partial charge < -0.3 is 0 Å². The predicted molar refractivity (Wildman–Crippen MR) is 117 cm³/mol. The molecule has 0 aromatic heterocycles. The average Bonchev–Trinajstić information content (AvgIpc) is 2.84. The van der Waals surface area contributed by atoms with Crippen molar-refractivity contribution in [3.63, 3.8) is 0 Å². The van der Waals surface area contributed by atoms with Crippen LogP contribution in [0.25, 0.3) is 0 Å². The topological polar surface area (TPSA) is 55.4 Å². The van der Waals surface area contributed by atoms with Crippen LogP contribution in [-0.2, 0) is 0 Å². The van der Waals surface area contributed by atoms with Gasteiger partial charge >= 0.3 is 189 Å². The van der Waals surface area contributed by atoms with Crippen LogP contribution in [0.1, 0.15) is 0 Å². The fourth-order valence-corrected chi connectivity index (χ4v) is 12.9. The molecule has 0 saturated heterocycles. The first-order valence-electron chi connectivity index (χ1n) is 10.3. The molecule has 0 radical (unpaired) electrons. The molecule has 158 valence electrons. The molecule has 31 heavy (non-hydrogen) atoms. The van der Waals surface area contributed by atoms with E-state index in [1.807, 2.05) is 18.2 Å². The van der Waals surface area contributed by atoms with Crippen LogP contribution in [0.4, 0.5) is 0 Å². The van der Waals surface area contributed by atoms with Crippen molar-refractivity contribution in [2.24, 2.45) is 0 Å². The Morgan fingerprint density at radius 1 is 0.387 bits per heavy atom.